The summed E-state index contributed by atoms with van der Waals surface area (Å²) in [6.45, 7) is 1.14. The van der Waals surface area contributed by atoms with Gasteiger partial charge in [-0.1, -0.05) is 12.7 Å². The van der Waals surface area contributed by atoms with Gasteiger partial charge in [0.2, 0.25) is 0 Å². The van der Waals surface area contributed by atoms with Gasteiger partial charge in [0, 0.05) is 19.0 Å². The third-order valence-electron chi connectivity index (χ3n) is 2.84. The maximum absolute atomic E-state index is 10.9. The zero-order valence-electron chi connectivity index (χ0n) is 8.05. The summed E-state index contributed by atoms with van der Waals surface area (Å²) < 4.78 is 0. The van der Waals surface area contributed by atoms with Gasteiger partial charge in [-0.25, -0.2) is 0 Å². The summed E-state index contributed by atoms with van der Waals surface area (Å²) in [5, 5.41) is 12.0. The Balaban J connectivity index is 2.57. The third-order valence-corrected chi connectivity index (χ3v) is 2.84. The van der Waals surface area contributed by atoms with Crippen LogP contribution in [0.2, 0.25) is 6.32 Å². The van der Waals surface area contributed by atoms with Gasteiger partial charge in [0.25, 0.3) is 0 Å². The molecule has 0 aromatic heterocycles. The second-order valence-electron chi connectivity index (χ2n) is 3.82. The first-order valence-corrected chi connectivity index (χ1v) is 4.84. The number of hydrogen-bond acceptors (Lipinski definition) is 3. The average molecular weight is 184 g/mol. The van der Waals surface area contributed by atoms with Crippen molar-refractivity contribution in [2.45, 2.75) is 24.7 Å². The number of nitrogens with two attached hydrogens (primary N) is 1. The Kier molecular flexibility index (Phi) is 3.33. The van der Waals surface area contributed by atoms with Crippen LogP contribution in [-0.4, -0.2) is 37.6 Å². The number of rotatable bonds is 4. The molecule has 0 radical (unpaired) electrons. The molecule has 1 fully saturated rings. The first kappa shape index (κ1) is 10.5. The van der Waals surface area contributed by atoms with E-state index in [1.807, 2.05) is 0 Å². The molecule has 0 bridgehead atoms. The molecule has 0 saturated carbocycles. The molecular formula is C8H17BN2O2. The van der Waals surface area contributed by atoms with Crippen LogP contribution in [-0.2, 0) is 4.79 Å². The standard InChI is InChI=1S/C8H17BN2O2/c9-3-1-2-6-4-11-5-8(6,10)7(12)13/h6,11H,1-5,9-10H2,(H,12,13)/t6?,8-/m0/s1. The zero-order valence-corrected chi connectivity index (χ0v) is 8.05. The van der Waals surface area contributed by atoms with E-state index in [9.17, 15) is 4.79 Å². The summed E-state index contributed by atoms with van der Waals surface area (Å²) >= 11 is 0. The molecule has 1 saturated heterocycles. The van der Waals surface area contributed by atoms with Gasteiger partial charge in [-0.05, 0) is 6.42 Å². The van der Waals surface area contributed by atoms with Gasteiger partial charge in [-0.15, -0.1) is 0 Å². The number of hydrogen-bond donors (Lipinski definition) is 3. The van der Waals surface area contributed by atoms with Crippen LogP contribution in [0.15, 0.2) is 0 Å². The average Bonchev–Trinajstić information content (AvgIpc) is 2.45. The molecular weight excluding hydrogens is 167 g/mol. The number of carboxylic acids is 1. The van der Waals surface area contributed by atoms with E-state index in [-0.39, 0.29) is 5.92 Å². The molecule has 4 N–H and O–H groups in total. The van der Waals surface area contributed by atoms with Gasteiger partial charge in [0.1, 0.15) is 13.4 Å². The fourth-order valence-corrected chi connectivity index (χ4v) is 1.84. The van der Waals surface area contributed by atoms with Crippen molar-refractivity contribution in [3.05, 3.63) is 0 Å². The van der Waals surface area contributed by atoms with Crippen molar-refractivity contribution < 1.29 is 9.90 Å². The zero-order chi connectivity index (χ0) is 9.90. The lowest BCUT2D eigenvalue weighted by Gasteiger charge is -2.25. The van der Waals surface area contributed by atoms with E-state index in [1.165, 1.54) is 0 Å². The molecule has 1 unspecified atom stereocenters. The smallest absolute Gasteiger partial charge is 0.325 e. The minimum absolute atomic E-state index is 0.0879. The van der Waals surface area contributed by atoms with E-state index >= 15 is 0 Å². The maximum Gasteiger partial charge on any atom is 0.325 e. The van der Waals surface area contributed by atoms with Crippen molar-refractivity contribution in [1.82, 2.24) is 5.32 Å². The first-order valence-electron chi connectivity index (χ1n) is 4.84. The van der Waals surface area contributed by atoms with Crippen molar-refractivity contribution in [3.8, 4) is 0 Å². The highest BCUT2D eigenvalue weighted by molar-refractivity contribution is 6.08. The lowest BCUT2D eigenvalue weighted by atomic mass is 9.83. The Morgan fingerprint density at radius 3 is 3.00 bits per heavy atom. The highest BCUT2D eigenvalue weighted by Gasteiger charge is 2.45. The molecule has 1 aliphatic rings. The third kappa shape index (κ3) is 2.03. The Hall–Kier alpha value is -0.545. The van der Waals surface area contributed by atoms with Crippen molar-refractivity contribution >= 4 is 13.8 Å². The predicted molar refractivity (Wildman–Crippen MR) is 53.5 cm³/mol. The van der Waals surface area contributed by atoms with E-state index in [0.717, 1.165) is 25.7 Å². The van der Waals surface area contributed by atoms with Gasteiger partial charge in [-0.2, -0.15) is 0 Å². The van der Waals surface area contributed by atoms with E-state index in [0.29, 0.717) is 6.54 Å². The molecule has 0 amide bonds. The van der Waals surface area contributed by atoms with Crippen LogP contribution < -0.4 is 11.1 Å². The fraction of sp³-hybridized carbons (Fsp3) is 0.875. The molecule has 74 valence electrons. The van der Waals surface area contributed by atoms with Crippen molar-refractivity contribution in [2.75, 3.05) is 13.1 Å². The van der Waals surface area contributed by atoms with Gasteiger partial charge in [0.15, 0.2) is 0 Å². The first-order chi connectivity index (χ1) is 6.11. The van der Waals surface area contributed by atoms with E-state index < -0.39 is 11.5 Å². The molecule has 5 heteroatoms. The maximum atomic E-state index is 10.9. The van der Waals surface area contributed by atoms with Crippen LogP contribution >= 0.6 is 0 Å². The summed E-state index contributed by atoms with van der Waals surface area (Å²) in [5.41, 5.74) is 4.79. The minimum Gasteiger partial charge on any atom is -0.480 e. The molecule has 0 spiro atoms. The quantitative estimate of drug-likeness (QED) is 0.480. The van der Waals surface area contributed by atoms with E-state index in [1.54, 1.807) is 0 Å². The minimum atomic E-state index is -1.03. The highest BCUT2D eigenvalue weighted by Crippen LogP contribution is 2.24. The molecule has 4 nitrogen and oxygen atoms in total. The summed E-state index contributed by atoms with van der Waals surface area (Å²) in [6.07, 6.45) is 3.05. The Morgan fingerprint density at radius 2 is 2.46 bits per heavy atom. The van der Waals surface area contributed by atoms with Crippen molar-refractivity contribution in [1.29, 1.82) is 0 Å². The molecule has 0 aromatic rings. The largest absolute Gasteiger partial charge is 0.480 e. The lowest BCUT2D eigenvalue weighted by Crippen LogP contribution is -2.54. The van der Waals surface area contributed by atoms with Crippen LogP contribution in [0.4, 0.5) is 0 Å². The monoisotopic (exact) mass is 184 g/mol. The normalized spacial score (nSPS) is 33.5. The molecule has 1 aliphatic heterocycles. The van der Waals surface area contributed by atoms with E-state index in [4.69, 9.17) is 10.8 Å². The summed E-state index contributed by atoms with van der Waals surface area (Å²) in [7, 11) is 2.10. The molecule has 1 rings (SSSR count). The Morgan fingerprint density at radius 1 is 1.77 bits per heavy atom. The van der Waals surface area contributed by atoms with Crippen LogP contribution in [0.3, 0.4) is 0 Å². The van der Waals surface area contributed by atoms with Gasteiger partial charge >= 0.3 is 5.97 Å². The van der Waals surface area contributed by atoms with Crippen molar-refractivity contribution in [2.24, 2.45) is 11.7 Å². The van der Waals surface area contributed by atoms with Crippen LogP contribution in [0.1, 0.15) is 12.8 Å². The number of carbonyl (C=O) groups is 1. The topological polar surface area (TPSA) is 75.3 Å². The fourth-order valence-electron chi connectivity index (χ4n) is 1.84. The summed E-state index contributed by atoms with van der Waals surface area (Å²) in [5.74, 6) is -0.788. The van der Waals surface area contributed by atoms with Crippen LogP contribution in [0.5, 0.6) is 0 Å². The highest BCUT2D eigenvalue weighted by atomic mass is 16.4. The Labute approximate surface area is 79.3 Å². The number of carboxylic acid groups (broad SMARTS) is 1. The molecule has 13 heavy (non-hydrogen) atoms. The summed E-state index contributed by atoms with van der Waals surface area (Å²) in [6, 6.07) is 0. The van der Waals surface area contributed by atoms with Gasteiger partial charge in [-0.3, -0.25) is 4.79 Å². The van der Waals surface area contributed by atoms with Crippen LogP contribution in [0, 0.1) is 5.92 Å². The molecule has 2 atom stereocenters. The predicted octanol–water partition coefficient (Wildman–Crippen LogP) is -1.18. The van der Waals surface area contributed by atoms with E-state index in [2.05, 4.69) is 13.2 Å². The number of aliphatic carboxylic acids is 1. The summed E-state index contributed by atoms with van der Waals surface area (Å²) in [4.78, 5) is 10.9. The van der Waals surface area contributed by atoms with Gasteiger partial charge in [0.05, 0.1) is 0 Å². The lowest BCUT2D eigenvalue weighted by molar-refractivity contribution is -0.144. The molecule has 0 aromatic carbocycles. The number of nitrogens with one attached hydrogen (secondary N) is 1. The van der Waals surface area contributed by atoms with Gasteiger partial charge < -0.3 is 16.2 Å². The Bertz CT molecular complexity index is 201. The van der Waals surface area contributed by atoms with Crippen molar-refractivity contribution in [3.63, 3.8) is 0 Å². The SMILES string of the molecule is BCCCC1CNC[C@@]1(N)C(=O)O. The second-order valence-corrected chi connectivity index (χ2v) is 3.82. The second kappa shape index (κ2) is 4.11. The molecule has 0 aliphatic carbocycles. The van der Waals surface area contributed by atoms with Crippen LogP contribution in [0.25, 0.3) is 0 Å². The molecule has 1 heterocycles.